The summed E-state index contributed by atoms with van der Waals surface area (Å²) in [7, 11) is 1.31. The minimum atomic E-state index is -0.439. The zero-order valence-electron chi connectivity index (χ0n) is 10.3. The van der Waals surface area contributed by atoms with Crippen LogP contribution in [0.5, 0.6) is 17.2 Å². The highest BCUT2D eigenvalue weighted by Crippen LogP contribution is 2.29. The summed E-state index contributed by atoms with van der Waals surface area (Å²) in [6, 6.07) is 11.1. The van der Waals surface area contributed by atoms with Gasteiger partial charge < -0.3 is 20.3 Å². The van der Waals surface area contributed by atoms with Crippen LogP contribution in [-0.4, -0.2) is 18.2 Å². The second kappa shape index (κ2) is 5.30. The monoisotopic (exact) mass is 259 g/mol. The van der Waals surface area contributed by atoms with E-state index in [1.807, 2.05) is 0 Å². The van der Waals surface area contributed by atoms with E-state index in [1.54, 1.807) is 30.3 Å². The number of nitrogen functional groups attached to an aromatic ring is 1. The van der Waals surface area contributed by atoms with Crippen molar-refractivity contribution >= 4 is 11.7 Å². The van der Waals surface area contributed by atoms with Gasteiger partial charge in [0, 0.05) is 6.07 Å². The highest BCUT2D eigenvalue weighted by molar-refractivity contribution is 5.89. The van der Waals surface area contributed by atoms with Crippen LogP contribution in [0.1, 0.15) is 10.4 Å². The molecule has 0 radical (unpaired) electrons. The molecular formula is C14H13NO4. The predicted octanol–water partition coefficient (Wildman–Crippen LogP) is 2.55. The van der Waals surface area contributed by atoms with Crippen LogP contribution in [0.25, 0.3) is 0 Å². The molecule has 0 aliphatic rings. The Morgan fingerprint density at radius 1 is 1.16 bits per heavy atom. The molecule has 2 rings (SSSR count). The first-order valence-electron chi connectivity index (χ1n) is 5.55. The number of anilines is 1. The second-order valence-corrected chi connectivity index (χ2v) is 3.84. The number of ether oxygens (including phenoxy) is 2. The van der Waals surface area contributed by atoms with Gasteiger partial charge >= 0.3 is 5.97 Å². The third kappa shape index (κ3) is 2.95. The zero-order valence-corrected chi connectivity index (χ0v) is 10.3. The fraction of sp³-hybridized carbons (Fsp3) is 0.0714. The van der Waals surface area contributed by atoms with Crippen LogP contribution in [0.3, 0.4) is 0 Å². The fourth-order valence-corrected chi connectivity index (χ4v) is 1.53. The van der Waals surface area contributed by atoms with E-state index in [4.69, 9.17) is 10.5 Å². The van der Waals surface area contributed by atoms with Crippen LogP contribution in [0, 0.1) is 0 Å². The number of esters is 1. The lowest BCUT2D eigenvalue weighted by atomic mass is 10.2. The van der Waals surface area contributed by atoms with Crippen molar-refractivity contribution in [2.24, 2.45) is 0 Å². The number of hydrogen-bond donors (Lipinski definition) is 2. The predicted molar refractivity (Wildman–Crippen MR) is 70.4 cm³/mol. The first kappa shape index (κ1) is 12.8. The van der Waals surface area contributed by atoms with Gasteiger partial charge in [-0.1, -0.05) is 6.07 Å². The maximum atomic E-state index is 11.4. The molecule has 0 aliphatic carbocycles. The smallest absolute Gasteiger partial charge is 0.337 e. The molecule has 0 amide bonds. The Hall–Kier alpha value is -2.69. The van der Waals surface area contributed by atoms with E-state index in [0.717, 1.165) is 0 Å². The summed E-state index contributed by atoms with van der Waals surface area (Å²) < 4.78 is 10.2. The Morgan fingerprint density at radius 2 is 1.89 bits per heavy atom. The molecule has 98 valence electrons. The topological polar surface area (TPSA) is 81.8 Å². The van der Waals surface area contributed by atoms with Gasteiger partial charge in [-0.25, -0.2) is 4.79 Å². The molecular weight excluding hydrogens is 246 g/mol. The van der Waals surface area contributed by atoms with Crippen LogP contribution >= 0.6 is 0 Å². The van der Waals surface area contributed by atoms with Crippen LogP contribution in [-0.2, 0) is 4.74 Å². The Labute approximate surface area is 110 Å². The molecule has 0 bridgehead atoms. The van der Waals surface area contributed by atoms with E-state index in [2.05, 4.69) is 4.74 Å². The normalized spacial score (nSPS) is 9.95. The van der Waals surface area contributed by atoms with Crippen molar-refractivity contribution in [3.8, 4) is 17.2 Å². The number of benzene rings is 2. The minimum absolute atomic E-state index is 0.0541. The molecule has 5 heteroatoms. The van der Waals surface area contributed by atoms with Gasteiger partial charge in [0.2, 0.25) is 0 Å². The first-order valence-corrected chi connectivity index (χ1v) is 5.55. The Morgan fingerprint density at radius 3 is 2.58 bits per heavy atom. The standard InChI is InChI=1S/C14H13NO4/c1-18-14(17)9-3-2-4-10(7-9)19-11-5-6-12(15)13(16)8-11/h2-8,16H,15H2,1H3. The van der Waals surface area contributed by atoms with Crippen molar-refractivity contribution in [2.75, 3.05) is 12.8 Å². The average molecular weight is 259 g/mol. The van der Waals surface area contributed by atoms with Gasteiger partial charge in [0.05, 0.1) is 18.4 Å². The van der Waals surface area contributed by atoms with E-state index in [1.165, 1.54) is 19.2 Å². The Balaban J connectivity index is 2.23. The fourth-order valence-electron chi connectivity index (χ4n) is 1.53. The summed E-state index contributed by atoms with van der Waals surface area (Å²) in [5.41, 5.74) is 6.16. The van der Waals surface area contributed by atoms with Crippen molar-refractivity contribution in [1.29, 1.82) is 0 Å². The van der Waals surface area contributed by atoms with Crippen LogP contribution in [0.4, 0.5) is 5.69 Å². The number of carbonyl (C=O) groups excluding carboxylic acids is 1. The van der Waals surface area contributed by atoms with Crippen LogP contribution in [0.15, 0.2) is 42.5 Å². The molecule has 0 aliphatic heterocycles. The van der Waals surface area contributed by atoms with Crippen molar-refractivity contribution in [3.05, 3.63) is 48.0 Å². The maximum Gasteiger partial charge on any atom is 0.337 e. The first-order chi connectivity index (χ1) is 9.10. The molecule has 0 heterocycles. The SMILES string of the molecule is COC(=O)c1cccc(Oc2ccc(N)c(O)c2)c1. The number of aromatic hydroxyl groups is 1. The molecule has 5 nitrogen and oxygen atoms in total. The molecule has 0 atom stereocenters. The van der Waals surface area contributed by atoms with Crippen molar-refractivity contribution in [3.63, 3.8) is 0 Å². The van der Waals surface area contributed by atoms with Crippen LogP contribution in [0.2, 0.25) is 0 Å². The zero-order chi connectivity index (χ0) is 13.8. The number of rotatable bonds is 3. The molecule has 0 saturated carbocycles. The van der Waals surface area contributed by atoms with Crippen LogP contribution < -0.4 is 10.5 Å². The number of phenolic OH excluding ortho intramolecular Hbond substituents is 1. The number of methoxy groups -OCH3 is 1. The van der Waals surface area contributed by atoms with Crippen molar-refractivity contribution < 1.29 is 19.4 Å². The lowest BCUT2D eigenvalue weighted by molar-refractivity contribution is 0.0600. The number of phenols is 1. The summed E-state index contributed by atoms with van der Waals surface area (Å²) >= 11 is 0. The van der Waals surface area contributed by atoms with Crippen molar-refractivity contribution in [2.45, 2.75) is 0 Å². The van der Waals surface area contributed by atoms with Gasteiger partial charge in [-0.05, 0) is 30.3 Å². The number of nitrogens with two attached hydrogens (primary N) is 1. The summed E-state index contributed by atoms with van der Waals surface area (Å²) in [5.74, 6) is 0.396. The lowest BCUT2D eigenvalue weighted by Crippen LogP contribution is -2.00. The van der Waals surface area contributed by atoms with E-state index in [0.29, 0.717) is 17.1 Å². The molecule has 19 heavy (non-hydrogen) atoms. The maximum absolute atomic E-state index is 11.4. The van der Waals surface area contributed by atoms with Gasteiger partial charge in [0.15, 0.2) is 0 Å². The minimum Gasteiger partial charge on any atom is -0.506 e. The molecule has 0 saturated heterocycles. The second-order valence-electron chi connectivity index (χ2n) is 3.84. The van der Waals surface area contributed by atoms with E-state index in [-0.39, 0.29) is 11.4 Å². The molecule has 0 unspecified atom stereocenters. The molecule has 0 spiro atoms. The van der Waals surface area contributed by atoms with E-state index < -0.39 is 5.97 Å². The molecule has 2 aromatic carbocycles. The van der Waals surface area contributed by atoms with Gasteiger partial charge in [-0.15, -0.1) is 0 Å². The number of hydrogen-bond acceptors (Lipinski definition) is 5. The van der Waals surface area contributed by atoms with E-state index >= 15 is 0 Å². The average Bonchev–Trinajstić information content (AvgIpc) is 2.42. The molecule has 3 N–H and O–H groups in total. The quantitative estimate of drug-likeness (QED) is 0.503. The van der Waals surface area contributed by atoms with Gasteiger partial charge in [-0.3, -0.25) is 0 Å². The summed E-state index contributed by atoms with van der Waals surface area (Å²) in [5, 5.41) is 9.48. The molecule has 0 fully saturated rings. The van der Waals surface area contributed by atoms with Crippen molar-refractivity contribution in [1.82, 2.24) is 0 Å². The molecule has 2 aromatic rings. The lowest BCUT2D eigenvalue weighted by Gasteiger charge is -2.08. The third-order valence-corrected chi connectivity index (χ3v) is 2.49. The summed E-state index contributed by atoms with van der Waals surface area (Å²) in [6.45, 7) is 0. The summed E-state index contributed by atoms with van der Waals surface area (Å²) in [6.07, 6.45) is 0. The molecule has 0 aromatic heterocycles. The summed E-state index contributed by atoms with van der Waals surface area (Å²) in [4.78, 5) is 11.4. The Bertz CT molecular complexity index is 610. The largest absolute Gasteiger partial charge is 0.506 e. The Kier molecular flexibility index (Phi) is 3.56. The van der Waals surface area contributed by atoms with Gasteiger partial charge in [0.1, 0.15) is 17.2 Å². The highest BCUT2D eigenvalue weighted by atomic mass is 16.5. The third-order valence-electron chi connectivity index (χ3n) is 2.49. The highest BCUT2D eigenvalue weighted by Gasteiger charge is 2.07. The van der Waals surface area contributed by atoms with E-state index in [9.17, 15) is 9.90 Å². The number of carbonyl (C=O) groups is 1. The van der Waals surface area contributed by atoms with Gasteiger partial charge in [0.25, 0.3) is 0 Å². The van der Waals surface area contributed by atoms with Gasteiger partial charge in [-0.2, -0.15) is 0 Å².